The van der Waals surface area contributed by atoms with Crippen LogP contribution in [0.4, 0.5) is 0 Å². The molecule has 0 amide bonds. The fourth-order valence-electron chi connectivity index (χ4n) is 2.19. The molecule has 2 aromatic heterocycles. The molecule has 0 aliphatic carbocycles. The van der Waals surface area contributed by atoms with Gasteiger partial charge in [-0.15, -0.1) is 11.3 Å². The molecule has 2 aromatic carbocycles. The minimum atomic E-state index is 1.10. The molecule has 0 unspecified atom stereocenters. The van der Waals surface area contributed by atoms with Gasteiger partial charge in [-0.1, -0.05) is 42.5 Å². The summed E-state index contributed by atoms with van der Waals surface area (Å²) in [5.74, 6) is 0. The summed E-state index contributed by atoms with van der Waals surface area (Å²) >= 11 is 3.49. The van der Waals surface area contributed by atoms with E-state index in [1.54, 1.807) is 11.3 Å². The summed E-state index contributed by atoms with van der Waals surface area (Å²) in [5, 5.41) is 0. The Bertz CT molecular complexity index is 802. The van der Waals surface area contributed by atoms with Crippen LogP contribution < -0.4 is 4.57 Å². The maximum atomic E-state index is 4.14. The topological polar surface area (TPSA) is 16.8 Å². The maximum Gasteiger partial charge on any atom is 0.225 e. The molecule has 0 atom stereocenters. The molecular weight excluding hydrogens is 296 g/mol. The van der Waals surface area contributed by atoms with Crippen molar-refractivity contribution in [3.8, 4) is 0 Å². The molecule has 0 spiro atoms. The first-order valence-electron chi connectivity index (χ1n) is 7.02. The minimum absolute atomic E-state index is 1.10. The SMILES string of the molecule is CCC[n+]1csc2ccccc21.c1ccc2scnc2c1. The van der Waals surface area contributed by atoms with Gasteiger partial charge in [-0.3, -0.25) is 0 Å². The number of benzene rings is 2. The van der Waals surface area contributed by atoms with Gasteiger partial charge in [-0.05, 0) is 18.2 Å². The van der Waals surface area contributed by atoms with Crippen LogP contribution in [0.2, 0.25) is 0 Å². The lowest BCUT2D eigenvalue weighted by Crippen LogP contribution is -2.30. The monoisotopic (exact) mass is 313 g/mol. The van der Waals surface area contributed by atoms with Crippen LogP contribution in [0.15, 0.2) is 59.6 Å². The smallest absolute Gasteiger partial charge is 0.225 e. The van der Waals surface area contributed by atoms with Crippen molar-refractivity contribution in [2.75, 3.05) is 0 Å². The molecule has 0 N–H and O–H groups in total. The van der Waals surface area contributed by atoms with Gasteiger partial charge in [-0.25, -0.2) is 4.98 Å². The summed E-state index contributed by atoms with van der Waals surface area (Å²) in [6.07, 6.45) is 1.20. The van der Waals surface area contributed by atoms with E-state index in [2.05, 4.69) is 52.3 Å². The quantitative estimate of drug-likeness (QED) is 0.481. The zero-order valence-corrected chi connectivity index (χ0v) is 13.5. The van der Waals surface area contributed by atoms with Gasteiger partial charge in [-0.2, -0.15) is 4.57 Å². The Labute approximate surface area is 132 Å². The lowest BCUT2D eigenvalue weighted by molar-refractivity contribution is -0.667. The third-order valence-corrected chi connectivity index (χ3v) is 4.95. The van der Waals surface area contributed by atoms with E-state index in [4.69, 9.17) is 0 Å². The number of para-hydroxylation sites is 2. The normalized spacial score (nSPS) is 10.5. The fraction of sp³-hybridized carbons (Fsp3) is 0.176. The molecule has 4 heteroatoms. The maximum absolute atomic E-state index is 4.14. The summed E-state index contributed by atoms with van der Waals surface area (Å²) in [6.45, 7) is 3.34. The van der Waals surface area contributed by atoms with Gasteiger partial charge < -0.3 is 0 Å². The predicted octanol–water partition coefficient (Wildman–Crippen LogP) is 4.90. The predicted molar refractivity (Wildman–Crippen MR) is 91.9 cm³/mol. The van der Waals surface area contributed by atoms with Crippen LogP contribution in [0.25, 0.3) is 20.4 Å². The second kappa shape index (κ2) is 6.78. The van der Waals surface area contributed by atoms with Crippen molar-refractivity contribution in [3.05, 3.63) is 59.6 Å². The highest BCUT2D eigenvalue weighted by Crippen LogP contribution is 2.15. The van der Waals surface area contributed by atoms with Crippen LogP contribution in [0.5, 0.6) is 0 Å². The molecule has 21 heavy (non-hydrogen) atoms. The summed E-state index contributed by atoms with van der Waals surface area (Å²) in [5.41, 5.74) is 6.53. The van der Waals surface area contributed by atoms with E-state index in [1.807, 2.05) is 35.0 Å². The van der Waals surface area contributed by atoms with E-state index >= 15 is 0 Å². The summed E-state index contributed by atoms with van der Waals surface area (Å²) < 4.78 is 4.96. The van der Waals surface area contributed by atoms with Crippen LogP contribution in [0.3, 0.4) is 0 Å². The van der Waals surface area contributed by atoms with Crippen molar-refractivity contribution in [2.45, 2.75) is 19.9 Å². The van der Waals surface area contributed by atoms with Gasteiger partial charge in [0.2, 0.25) is 11.0 Å². The Morgan fingerprint density at radius 1 is 0.952 bits per heavy atom. The van der Waals surface area contributed by atoms with Crippen LogP contribution in [-0.2, 0) is 6.54 Å². The standard InChI is InChI=1S/C10H12NS.C7H5NS/c1-2-7-11-8-12-10-6-4-3-5-9(10)11;1-2-4-7-6(3-1)8-5-9-7/h3-6,8H,2,7H2,1H3;1-5H/q+1;. The van der Waals surface area contributed by atoms with Gasteiger partial charge in [0.1, 0.15) is 11.2 Å². The van der Waals surface area contributed by atoms with Crippen molar-refractivity contribution >= 4 is 43.1 Å². The molecule has 2 nitrogen and oxygen atoms in total. The summed E-state index contributed by atoms with van der Waals surface area (Å²) in [7, 11) is 0. The van der Waals surface area contributed by atoms with E-state index in [0.29, 0.717) is 0 Å². The molecule has 0 radical (unpaired) electrons. The number of fused-ring (bicyclic) bond motifs is 2. The van der Waals surface area contributed by atoms with Crippen LogP contribution >= 0.6 is 22.7 Å². The molecule has 0 aliphatic heterocycles. The van der Waals surface area contributed by atoms with Gasteiger partial charge >= 0.3 is 0 Å². The molecule has 4 aromatic rings. The molecule has 0 fully saturated rings. The first-order valence-corrected chi connectivity index (χ1v) is 8.78. The first kappa shape index (κ1) is 14.2. The van der Waals surface area contributed by atoms with Crippen LogP contribution in [0.1, 0.15) is 13.3 Å². The zero-order valence-electron chi connectivity index (χ0n) is 11.9. The second-order valence-corrected chi connectivity index (χ2v) is 6.48. The molecule has 106 valence electrons. The number of hydrogen-bond donors (Lipinski definition) is 0. The Balaban J connectivity index is 0.000000131. The van der Waals surface area contributed by atoms with E-state index in [1.165, 1.54) is 21.3 Å². The van der Waals surface area contributed by atoms with Gasteiger partial charge in [0.05, 0.1) is 15.7 Å². The average Bonchev–Trinajstić information content (AvgIpc) is 3.15. The first-order chi connectivity index (χ1) is 10.4. The average molecular weight is 313 g/mol. The number of hydrogen-bond acceptors (Lipinski definition) is 3. The van der Waals surface area contributed by atoms with Crippen molar-refractivity contribution in [1.29, 1.82) is 0 Å². The highest BCUT2D eigenvalue weighted by Gasteiger charge is 2.08. The zero-order chi connectivity index (χ0) is 14.5. The Morgan fingerprint density at radius 3 is 2.52 bits per heavy atom. The van der Waals surface area contributed by atoms with Gasteiger partial charge in [0.25, 0.3) is 0 Å². The number of aryl methyl sites for hydroxylation is 1. The van der Waals surface area contributed by atoms with Gasteiger partial charge in [0, 0.05) is 12.5 Å². The molecular formula is C17H17N2S2+. The lowest BCUT2D eigenvalue weighted by atomic mass is 10.3. The van der Waals surface area contributed by atoms with E-state index in [-0.39, 0.29) is 0 Å². The number of rotatable bonds is 2. The lowest BCUT2D eigenvalue weighted by Gasteiger charge is -1.88. The van der Waals surface area contributed by atoms with E-state index in [9.17, 15) is 0 Å². The van der Waals surface area contributed by atoms with Crippen LogP contribution in [-0.4, -0.2) is 4.98 Å². The third-order valence-electron chi connectivity index (χ3n) is 3.18. The molecule has 2 heterocycles. The molecule has 0 aliphatic rings. The fourth-order valence-corrected chi connectivity index (χ4v) is 3.79. The molecule has 0 saturated carbocycles. The number of aromatic nitrogens is 2. The van der Waals surface area contributed by atoms with Crippen molar-refractivity contribution in [1.82, 2.24) is 4.98 Å². The van der Waals surface area contributed by atoms with Gasteiger partial charge in [0.15, 0.2) is 0 Å². The molecule has 0 bridgehead atoms. The third kappa shape index (κ3) is 3.28. The molecule has 4 rings (SSSR count). The largest absolute Gasteiger partial charge is 0.245 e. The minimum Gasteiger partial charge on any atom is -0.245 e. The van der Waals surface area contributed by atoms with Crippen molar-refractivity contribution in [2.24, 2.45) is 0 Å². The Kier molecular flexibility index (Phi) is 4.58. The number of nitrogens with zero attached hydrogens (tertiary/aromatic N) is 2. The van der Waals surface area contributed by atoms with E-state index < -0.39 is 0 Å². The van der Waals surface area contributed by atoms with Crippen LogP contribution in [0, 0.1) is 0 Å². The summed E-state index contributed by atoms with van der Waals surface area (Å²) in [4.78, 5) is 4.14. The number of thiazole rings is 2. The molecule has 0 saturated heterocycles. The van der Waals surface area contributed by atoms with E-state index in [0.717, 1.165) is 12.1 Å². The summed E-state index contributed by atoms with van der Waals surface area (Å²) in [6, 6.07) is 16.7. The Morgan fingerprint density at radius 2 is 1.71 bits per heavy atom. The highest BCUT2D eigenvalue weighted by atomic mass is 32.1. The second-order valence-electron chi connectivity index (χ2n) is 4.70. The highest BCUT2D eigenvalue weighted by molar-refractivity contribution is 7.16. The van der Waals surface area contributed by atoms with Crippen molar-refractivity contribution < 1.29 is 4.57 Å². The Hall–Kier alpha value is -1.78. The van der Waals surface area contributed by atoms with Crippen molar-refractivity contribution in [3.63, 3.8) is 0 Å².